The molecule has 2 aromatic carbocycles. The van der Waals surface area contributed by atoms with E-state index in [0.717, 1.165) is 27.8 Å². The lowest BCUT2D eigenvalue weighted by Gasteiger charge is -2.12. The van der Waals surface area contributed by atoms with Gasteiger partial charge in [0.05, 0.1) is 6.61 Å². The maximum atomic E-state index is 11.6. The number of carboxylic acid groups (broad SMARTS) is 1. The first-order valence-corrected chi connectivity index (χ1v) is 6.17. The molecule has 0 spiro atoms. The summed E-state index contributed by atoms with van der Waals surface area (Å²) in [6, 6.07) is 13.6. The lowest BCUT2D eigenvalue weighted by Crippen LogP contribution is -2.12. The minimum Gasteiger partial charge on any atom is -0.481 e. The number of fused-ring (bicyclic) bond motifs is 3. The highest BCUT2D eigenvalue weighted by Gasteiger charge is 2.35. The van der Waals surface area contributed by atoms with Gasteiger partial charge in [-0.25, -0.2) is 0 Å². The SMILES string of the molecule is COCc1cccc2c1C(C(=O)O)c1ccccc1-2. The number of carboxylic acids is 1. The Morgan fingerprint density at radius 2 is 1.89 bits per heavy atom. The molecular formula is C16H14O3. The van der Waals surface area contributed by atoms with Crippen LogP contribution < -0.4 is 0 Å². The van der Waals surface area contributed by atoms with Crippen molar-refractivity contribution in [2.24, 2.45) is 0 Å². The predicted octanol–water partition coefficient (Wildman–Crippen LogP) is 3.03. The molecule has 1 atom stereocenters. The summed E-state index contributed by atoms with van der Waals surface area (Å²) in [5.41, 5.74) is 4.72. The first-order chi connectivity index (χ1) is 9.24. The highest BCUT2D eigenvalue weighted by molar-refractivity contribution is 5.93. The van der Waals surface area contributed by atoms with Gasteiger partial charge in [0.15, 0.2) is 0 Å². The Labute approximate surface area is 111 Å². The quantitative estimate of drug-likeness (QED) is 0.915. The molecule has 0 aliphatic heterocycles. The van der Waals surface area contributed by atoms with Crippen LogP contribution in [0.3, 0.4) is 0 Å². The van der Waals surface area contributed by atoms with Crippen molar-refractivity contribution in [1.29, 1.82) is 0 Å². The molecule has 3 nitrogen and oxygen atoms in total. The van der Waals surface area contributed by atoms with E-state index in [-0.39, 0.29) is 0 Å². The van der Waals surface area contributed by atoms with Crippen molar-refractivity contribution < 1.29 is 14.6 Å². The second kappa shape index (κ2) is 4.52. The lowest BCUT2D eigenvalue weighted by atomic mass is 9.93. The molecule has 0 saturated heterocycles. The Morgan fingerprint density at radius 1 is 1.16 bits per heavy atom. The fraction of sp³-hybridized carbons (Fsp3) is 0.188. The summed E-state index contributed by atoms with van der Waals surface area (Å²) in [6.45, 7) is 0.431. The standard InChI is InChI=1S/C16H14O3/c1-19-9-10-5-4-8-12-11-6-2-3-7-13(11)15(14(10)12)16(17)18/h2-8,15H,9H2,1H3,(H,17,18). The van der Waals surface area contributed by atoms with E-state index in [2.05, 4.69) is 0 Å². The summed E-state index contributed by atoms with van der Waals surface area (Å²) < 4.78 is 5.19. The number of aliphatic carboxylic acids is 1. The van der Waals surface area contributed by atoms with Gasteiger partial charge in [0, 0.05) is 7.11 Å². The number of hydrogen-bond acceptors (Lipinski definition) is 2. The Bertz CT molecular complexity index is 646. The zero-order valence-corrected chi connectivity index (χ0v) is 10.6. The number of hydrogen-bond donors (Lipinski definition) is 1. The van der Waals surface area contributed by atoms with Crippen LogP contribution in [0.15, 0.2) is 42.5 Å². The highest BCUT2D eigenvalue weighted by Crippen LogP contribution is 2.46. The molecule has 0 aromatic heterocycles. The third-order valence-electron chi connectivity index (χ3n) is 3.59. The van der Waals surface area contributed by atoms with Gasteiger partial charge in [-0.15, -0.1) is 0 Å². The molecule has 0 amide bonds. The first kappa shape index (κ1) is 11.9. The second-order valence-corrected chi connectivity index (χ2v) is 4.67. The van der Waals surface area contributed by atoms with Crippen molar-refractivity contribution >= 4 is 5.97 Å². The molecule has 19 heavy (non-hydrogen) atoms. The topological polar surface area (TPSA) is 46.5 Å². The van der Waals surface area contributed by atoms with Crippen LogP contribution >= 0.6 is 0 Å². The van der Waals surface area contributed by atoms with Gasteiger partial charge < -0.3 is 9.84 Å². The van der Waals surface area contributed by atoms with Gasteiger partial charge in [-0.1, -0.05) is 42.5 Å². The Kier molecular flexibility index (Phi) is 2.84. The van der Waals surface area contributed by atoms with Crippen molar-refractivity contribution in [1.82, 2.24) is 0 Å². The minimum absolute atomic E-state index is 0.431. The van der Waals surface area contributed by atoms with E-state index in [1.54, 1.807) is 7.11 Å². The minimum atomic E-state index is -0.810. The van der Waals surface area contributed by atoms with Crippen molar-refractivity contribution in [3.63, 3.8) is 0 Å². The van der Waals surface area contributed by atoms with Gasteiger partial charge in [0.1, 0.15) is 5.92 Å². The maximum Gasteiger partial charge on any atom is 0.315 e. The molecule has 0 saturated carbocycles. The van der Waals surface area contributed by atoms with Crippen LogP contribution in [0.2, 0.25) is 0 Å². The van der Waals surface area contributed by atoms with E-state index < -0.39 is 11.9 Å². The van der Waals surface area contributed by atoms with E-state index in [1.807, 2.05) is 42.5 Å². The average molecular weight is 254 g/mol. The molecule has 3 rings (SSSR count). The Hall–Kier alpha value is -2.13. The largest absolute Gasteiger partial charge is 0.481 e. The van der Waals surface area contributed by atoms with Gasteiger partial charge in [-0.3, -0.25) is 4.79 Å². The van der Waals surface area contributed by atoms with Gasteiger partial charge in [0.2, 0.25) is 0 Å². The molecule has 1 aliphatic rings. The van der Waals surface area contributed by atoms with E-state index in [4.69, 9.17) is 4.74 Å². The number of carbonyl (C=O) groups is 1. The molecule has 96 valence electrons. The third-order valence-corrected chi connectivity index (χ3v) is 3.59. The summed E-state index contributed by atoms with van der Waals surface area (Å²) in [6.07, 6.45) is 0. The van der Waals surface area contributed by atoms with Crippen LogP contribution in [0.5, 0.6) is 0 Å². The van der Waals surface area contributed by atoms with Crippen molar-refractivity contribution in [2.75, 3.05) is 7.11 Å². The van der Waals surface area contributed by atoms with E-state index in [0.29, 0.717) is 6.61 Å². The number of ether oxygens (including phenoxy) is 1. The third kappa shape index (κ3) is 1.74. The number of methoxy groups -OCH3 is 1. The zero-order chi connectivity index (χ0) is 13.4. The molecule has 1 unspecified atom stereocenters. The monoisotopic (exact) mass is 254 g/mol. The first-order valence-electron chi connectivity index (χ1n) is 6.17. The molecule has 3 heteroatoms. The fourth-order valence-corrected chi connectivity index (χ4v) is 2.88. The van der Waals surface area contributed by atoms with Crippen LogP contribution in [0.25, 0.3) is 11.1 Å². The average Bonchev–Trinajstić information content (AvgIpc) is 2.75. The molecule has 1 N–H and O–H groups in total. The van der Waals surface area contributed by atoms with Crippen molar-refractivity contribution in [2.45, 2.75) is 12.5 Å². The lowest BCUT2D eigenvalue weighted by molar-refractivity contribution is -0.137. The zero-order valence-electron chi connectivity index (χ0n) is 10.6. The van der Waals surface area contributed by atoms with Gasteiger partial charge in [0.25, 0.3) is 0 Å². The van der Waals surface area contributed by atoms with E-state index in [9.17, 15) is 9.90 Å². The predicted molar refractivity (Wildman–Crippen MR) is 72.1 cm³/mol. The second-order valence-electron chi connectivity index (χ2n) is 4.67. The molecule has 0 bridgehead atoms. The Morgan fingerprint density at radius 3 is 2.63 bits per heavy atom. The summed E-state index contributed by atoms with van der Waals surface area (Å²) in [5, 5.41) is 9.56. The van der Waals surface area contributed by atoms with Crippen LogP contribution in [0.4, 0.5) is 0 Å². The van der Waals surface area contributed by atoms with Crippen molar-refractivity contribution in [3.05, 3.63) is 59.2 Å². The summed E-state index contributed by atoms with van der Waals surface area (Å²) in [7, 11) is 1.62. The van der Waals surface area contributed by atoms with Crippen LogP contribution in [0.1, 0.15) is 22.6 Å². The van der Waals surface area contributed by atoms with E-state index >= 15 is 0 Å². The number of rotatable bonds is 3. The molecule has 0 radical (unpaired) electrons. The van der Waals surface area contributed by atoms with Gasteiger partial charge >= 0.3 is 5.97 Å². The number of benzene rings is 2. The maximum absolute atomic E-state index is 11.6. The summed E-state index contributed by atoms with van der Waals surface area (Å²) in [4.78, 5) is 11.6. The van der Waals surface area contributed by atoms with Gasteiger partial charge in [-0.05, 0) is 27.8 Å². The molecule has 1 aliphatic carbocycles. The van der Waals surface area contributed by atoms with Crippen LogP contribution in [-0.2, 0) is 16.1 Å². The summed E-state index contributed by atoms with van der Waals surface area (Å²) in [5.74, 6) is -1.40. The highest BCUT2D eigenvalue weighted by atomic mass is 16.5. The van der Waals surface area contributed by atoms with Crippen molar-refractivity contribution in [3.8, 4) is 11.1 Å². The summed E-state index contributed by atoms with van der Waals surface area (Å²) >= 11 is 0. The van der Waals surface area contributed by atoms with E-state index in [1.165, 1.54) is 0 Å². The molecule has 0 fully saturated rings. The smallest absolute Gasteiger partial charge is 0.315 e. The molecule has 2 aromatic rings. The Balaban J connectivity index is 2.28. The van der Waals surface area contributed by atoms with Gasteiger partial charge in [-0.2, -0.15) is 0 Å². The molecule has 0 heterocycles. The van der Waals surface area contributed by atoms with Crippen LogP contribution in [0, 0.1) is 0 Å². The fourth-order valence-electron chi connectivity index (χ4n) is 2.88. The molecular weight excluding hydrogens is 240 g/mol. The van der Waals surface area contributed by atoms with Crippen LogP contribution in [-0.4, -0.2) is 18.2 Å². The normalized spacial score (nSPS) is 15.9.